The number of nitrogens with zero attached hydrogens (tertiary/aromatic N) is 2. The Morgan fingerprint density at radius 2 is 2.05 bits per heavy atom. The Morgan fingerprint density at radius 1 is 1.16 bits per heavy atom. The maximum atomic E-state index is 13.3. The van der Waals surface area contributed by atoms with Crippen molar-refractivity contribution in [3.8, 4) is 10.4 Å². The van der Waals surface area contributed by atoms with Crippen molar-refractivity contribution < 1.29 is 14.3 Å². The summed E-state index contributed by atoms with van der Waals surface area (Å²) in [6.07, 6.45) is 7.76. The molecule has 8 heteroatoms. The van der Waals surface area contributed by atoms with Crippen LogP contribution in [0.25, 0.3) is 10.4 Å². The molecule has 3 heterocycles. The van der Waals surface area contributed by atoms with Crippen molar-refractivity contribution in [1.82, 2.24) is 15.1 Å². The summed E-state index contributed by atoms with van der Waals surface area (Å²) in [4.78, 5) is 26.0. The zero-order chi connectivity index (χ0) is 25.8. The molecule has 1 aliphatic rings. The molecule has 2 atom stereocenters. The van der Waals surface area contributed by atoms with Gasteiger partial charge in [-0.25, -0.2) is 4.68 Å². The largest absolute Gasteiger partial charge is 0.357 e. The van der Waals surface area contributed by atoms with Crippen LogP contribution in [0.5, 0.6) is 0 Å². The SMILES string of the molecule is Cc1ccc(Nc2cnn(C3CCCCO3)c2)cc1C(=O)N[C@H](C)c1cccc(-c2ccc(C=O)s2)c1. The number of carbonyl (C=O) groups is 2. The molecule has 1 saturated heterocycles. The number of rotatable bonds is 8. The van der Waals surface area contributed by atoms with Crippen molar-refractivity contribution in [2.24, 2.45) is 0 Å². The first-order valence-electron chi connectivity index (χ1n) is 12.5. The van der Waals surface area contributed by atoms with Gasteiger partial charge >= 0.3 is 0 Å². The van der Waals surface area contributed by atoms with Gasteiger partial charge in [0, 0.05) is 22.7 Å². The molecule has 5 rings (SSSR count). The van der Waals surface area contributed by atoms with Crippen molar-refractivity contribution >= 4 is 34.9 Å². The minimum Gasteiger partial charge on any atom is -0.357 e. The van der Waals surface area contributed by atoms with Crippen LogP contribution in [0, 0.1) is 6.92 Å². The molecule has 37 heavy (non-hydrogen) atoms. The Kier molecular flexibility index (Phi) is 7.48. The van der Waals surface area contributed by atoms with Crippen LogP contribution < -0.4 is 10.6 Å². The number of ether oxygens (including phenoxy) is 1. The summed E-state index contributed by atoms with van der Waals surface area (Å²) >= 11 is 1.46. The third-order valence-electron chi connectivity index (χ3n) is 6.58. The van der Waals surface area contributed by atoms with E-state index in [0.717, 1.165) is 65.1 Å². The fraction of sp³-hybridized carbons (Fsp3) is 0.276. The molecule has 7 nitrogen and oxygen atoms in total. The average molecular weight is 515 g/mol. The molecule has 0 bridgehead atoms. The standard InChI is InChI=1S/C29H30N4O3S/c1-19-9-10-23(32-24-16-30-33(17-24)28-8-3-4-13-36-28)15-26(19)29(35)31-20(2)21-6-5-7-22(14-21)27-12-11-25(18-34)37-27/h5-7,9-12,14-18,20,28,32H,3-4,8,13H2,1-2H3,(H,31,35)/t20-,28?/m1/s1. The molecule has 2 aromatic heterocycles. The molecule has 190 valence electrons. The summed E-state index contributed by atoms with van der Waals surface area (Å²) in [7, 11) is 0. The van der Waals surface area contributed by atoms with Crippen LogP contribution in [0.15, 0.2) is 67.0 Å². The predicted molar refractivity (Wildman–Crippen MR) is 147 cm³/mol. The molecule has 0 aliphatic carbocycles. The summed E-state index contributed by atoms with van der Waals surface area (Å²) < 4.78 is 7.67. The number of benzene rings is 2. The number of aryl methyl sites for hydroxylation is 1. The number of hydrogen-bond acceptors (Lipinski definition) is 6. The van der Waals surface area contributed by atoms with E-state index in [9.17, 15) is 9.59 Å². The van der Waals surface area contributed by atoms with Crippen molar-refractivity contribution in [2.45, 2.75) is 45.4 Å². The maximum absolute atomic E-state index is 13.3. The highest BCUT2D eigenvalue weighted by atomic mass is 32.1. The van der Waals surface area contributed by atoms with Gasteiger partial charge in [-0.15, -0.1) is 11.3 Å². The van der Waals surface area contributed by atoms with Gasteiger partial charge in [-0.05, 0) is 80.1 Å². The van der Waals surface area contributed by atoms with E-state index >= 15 is 0 Å². The van der Waals surface area contributed by atoms with Crippen LogP contribution in [0.2, 0.25) is 0 Å². The van der Waals surface area contributed by atoms with Gasteiger partial charge in [-0.1, -0.05) is 24.3 Å². The molecular formula is C29H30N4O3S. The van der Waals surface area contributed by atoms with Gasteiger partial charge < -0.3 is 15.4 Å². The number of carbonyl (C=O) groups excluding carboxylic acids is 2. The second kappa shape index (κ2) is 11.1. The Bertz CT molecular complexity index is 1400. The Morgan fingerprint density at radius 3 is 2.84 bits per heavy atom. The van der Waals surface area contributed by atoms with E-state index in [0.29, 0.717) is 10.4 Å². The van der Waals surface area contributed by atoms with E-state index in [1.165, 1.54) is 11.3 Å². The number of amides is 1. The Hall–Kier alpha value is -3.75. The third-order valence-corrected chi connectivity index (χ3v) is 7.64. The van der Waals surface area contributed by atoms with Crippen LogP contribution in [0.4, 0.5) is 11.4 Å². The lowest BCUT2D eigenvalue weighted by Crippen LogP contribution is -2.27. The van der Waals surface area contributed by atoms with E-state index in [1.807, 2.05) is 73.3 Å². The molecule has 2 N–H and O–H groups in total. The van der Waals surface area contributed by atoms with Gasteiger partial charge in [0.25, 0.3) is 5.91 Å². The Balaban J connectivity index is 1.27. The van der Waals surface area contributed by atoms with E-state index in [4.69, 9.17) is 4.74 Å². The number of thiophene rings is 1. The number of hydrogen-bond donors (Lipinski definition) is 2. The van der Waals surface area contributed by atoms with Crippen molar-refractivity contribution in [3.05, 3.63) is 88.6 Å². The zero-order valence-electron chi connectivity index (χ0n) is 20.9. The van der Waals surface area contributed by atoms with Crippen LogP contribution in [-0.2, 0) is 4.74 Å². The van der Waals surface area contributed by atoms with E-state index in [-0.39, 0.29) is 18.2 Å². The second-order valence-corrected chi connectivity index (χ2v) is 10.4. The fourth-order valence-corrected chi connectivity index (χ4v) is 5.31. The number of aromatic nitrogens is 2. The normalized spacial score (nSPS) is 16.2. The van der Waals surface area contributed by atoms with Crippen molar-refractivity contribution in [2.75, 3.05) is 11.9 Å². The fourth-order valence-electron chi connectivity index (χ4n) is 4.49. The van der Waals surface area contributed by atoms with Gasteiger partial charge in [0.05, 0.1) is 29.0 Å². The minimum absolute atomic E-state index is 0.0180. The molecular weight excluding hydrogens is 484 g/mol. The first kappa shape index (κ1) is 24.9. The van der Waals surface area contributed by atoms with Crippen molar-refractivity contribution in [3.63, 3.8) is 0 Å². The van der Waals surface area contributed by atoms with Gasteiger partial charge in [-0.2, -0.15) is 5.10 Å². The van der Waals surface area contributed by atoms with E-state index in [2.05, 4.69) is 21.8 Å². The molecule has 4 aromatic rings. The van der Waals surface area contributed by atoms with Gasteiger partial charge in [-0.3, -0.25) is 9.59 Å². The Labute approximate surface area is 220 Å². The maximum Gasteiger partial charge on any atom is 0.252 e. The molecule has 0 spiro atoms. The summed E-state index contributed by atoms with van der Waals surface area (Å²) in [5, 5.41) is 10.9. The predicted octanol–water partition coefficient (Wildman–Crippen LogP) is 6.67. The van der Waals surface area contributed by atoms with Gasteiger partial charge in [0.15, 0.2) is 6.29 Å². The van der Waals surface area contributed by atoms with Crippen LogP contribution in [0.3, 0.4) is 0 Å². The number of nitrogens with one attached hydrogen (secondary N) is 2. The molecule has 0 radical (unpaired) electrons. The molecule has 1 aliphatic heterocycles. The highest BCUT2D eigenvalue weighted by Crippen LogP contribution is 2.30. The van der Waals surface area contributed by atoms with Gasteiger partial charge in [0.2, 0.25) is 0 Å². The van der Waals surface area contributed by atoms with Crippen LogP contribution >= 0.6 is 11.3 Å². The average Bonchev–Trinajstić information content (AvgIpc) is 3.60. The summed E-state index contributed by atoms with van der Waals surface area (Å²) in [6, 6.07) is 17.4. The van der Waals surface area contributed by atoms with Crippen LogP contribution in [-0.4, -0.2) is 28.6 Å². The molecule has 1 fully saturated rings. The van der Waals surface area contributed by atoms with Gasteiger partial charge in [0.1, 0.15) is 6.23 Å². The summed E-state index contributed by atoms with van der Waals surface area (Å²) in [5.41, 5.74) is 5.20. The van der Waals surface area contributed by atoms with Crippen LogP contribution in [0.1, 0.15) is 69.6 Å². The summed E-state index contributed by atoms with van der Waals surface area (Å²) in [6.45, 7) is 4.67. The second-order valence-electron chi connectivity index (χ2n) is 9.33. The quantitative estimate of drug-likeness (QED) is 0.257. The summed E-state index contributed by atoms with van der Waals surface area (Å²) in [5.74, 6) is -0.135. The zero-order valence-corrected chi connectivity index (χ0v) is 21.8. The molecule has 1 unspecified atom stereocenters. The first-order valence-corrected chi connectivity index (χ1v) is 13.3. The lowest BCUT2D eigenvalue weighted by Gasteiger charge is -2.22. The van der Waals surface area contributed by atoms with E-state index in [1.54, 1.807) is 6.20 Å². The molecule has 0 saturated carbocycles. The monoisotopic (exact) mass is 514 g/mol. The van der Waals surface area contributed by atoms with Crippen molar-refractivity contribution in [1.29, 1.82) is 0 Å². The smallest absolute Gasteiger partial charge is 0.252 e. The number of anilines is 2. The highest BCUT2D eigenvalue weighted by Gasteiger charge is 2.18. The first-order chi connectivity index (χ1) is 18.0. The van der Waals surface area contributed by atoms with E-state index < -0.39 is 0 Å². The third kappa shape index (κ3) is 5.81. The topological polar surface area (TPSA) is 85.2 Å². The lowest BCUT2D eigenvalue weighted by molar-refractivity contribution is -0.0394. The molecule has 2 aromatic carbocycles. The molecule has 1 amide bonds. The highest BCUT2D eigenvalue weighted by molar-refractivity contribution is 7.17. The minimum atomic E-state index is -0.192. The number of aldehydes is 1. The lowest BCUT2D eigenvalue weighted by atomic mass is 10.0.